The van der Waals surface area contributed by atoms with Gasteiger partial charge >= 0.3 is 0 Å². The van der Waals surface area contributed by atoms with Gasteiger partial charge < -0.3 is 10.2 Å². The third-order valence-corrected chi connectivity index (χ3v) is 3.86. The van der Waals surface area contributed by atoms with E-state index in [0.717, 1.165) is 30.2 Å². The molecule has 2 aromatic rings. The Labute approximate surface area is 124 Å². The molecule has 21 heavy (non-hydrogen) atoms. The lowest BCUT2D eigenvalue weighted by Gasteiger charge is -2.20. The fraction of sp³-hybridized carbons (Fsp3) is 0.353. The van der Waals surface area contributed by atoms with Crippen LogP contribution in [0.25, 0.3) is 0 Å². The lowest BCUT2D eigenvalue weighted by molar-refractivity contribution is 0.612. The molecule has 0 radical (unpaired) electrons. The number of nitrogens with zero attached hydrogens (tertiary/aromatic N) is 2. The van der Waals surface area contributed by atoms with Crippen molar-refractivity contribution < 1.29 is 4.39 Å². The van der Waals surface area contributed by atoms with E-state index >= 15 is 0 Å². The van der Waals surface area contributed by atoms with Crippen LogP contribution in [0.3, 0.4) is 0 Å². The van der Waals surface area contributed by atoms with E-state index in [9.17, 15) is 4.39 Å². The van der Waals surface area contributed by atoms with Gasteiger partial charge in [0.15, 0.2) is 5.82 Å². The monoisotopic (exact) mass is 285 g/mol. The van der Waals surface area contributed by atoms with Crippen molar-refractivity contribution in [3.05, 3.63) is 53.5 Å². The van der Waals surface area contributed by atoms with Crippen LogP contribution in [0.5, 0.6) is 0 Å². The molecular weight excluding hydrogens is 265 g/mol. The average Bonchev–Trinajstić information content (AvgIpc) is 3.03. The molecule has 0 atom stereocenters. The summed E-state index contributed by atoms with van der Waals surface area (Å²) in [5, 5.41) is 3.33. The predicted molar refractivity (Wildman–Crippen MR) is 84.1 cm³/mol. The van der Waals surface area contributed by atoms with Crippen molar-refractivity contribution in [3.8, 4) is 0 Å². The largest absolute Gasteiger partial charge is 0.378 e. The molecule has 1 aromatic heterocycles. The Morgan fingerprint density at radius 1 is 1.24 bits per heavy atom. The minimum Gasteiger partial charge on any atom is -0.378 e. The molecule has 110 valence electrons. The molecule has 1 saturated heterocycles. The Morgan fingerprint density at radius 2 is 2.05 bits per heavy atom. The number of anilines is 2. The number of rotatable bonds is 4. The van der Waals surface area contributed by atoms with Gasteiger partial charge in [-0.15, -0.1) is 0 Å². The molecule has 1 fully saturated rings. The maximum atomic E-state index is 13.8. The molecule has 4 heteroatoms. The molecule has 0 amide bonds. The van der Waals surface area contributed by atoms with Gasteiger partial charge in [0.1, 0.15) is 5.82 Å². The zero-order valence-corrected chi connectivity index (χ0v) is 12.3. The van der Waals surface area contributed by atoms with Gasteiger partial charge in [0, 0.05) is 31.4 Å². The summed E-state index contributed by atoms with van der Waals surface area (Å²) in [5.74, 6) is 0.808. The second-order valence-corrected chi connectivity index (χ2v) is 5.52. The summed E-state index contributed by atoms with van der Waals surface area (Å²) in [6, 6.07) is 9.12. The van der Waals surface area contributed by atoms with Crippen molar-refractivity contribution >= 4 is 11.5 Å². The molecular formula is C17H20FN3. The lowest BCUT2D eigenvalue weighted by Crippen LogP contribution is -2.20. The Bertz CT molecular complexity index is 621. The van der Waals surface area contributed by atoms with E-state index in [1.165, 1.54) is 18.9 Å². The van der Waals surface area contributed by atoms with Gasteiger partial charge in [-0.3, -0.25) is 0 Å². The Balaban J connectivity index is 1.77. The fourth-order valence-electron chi connectivity index (χ4n) is 2.75. The molecule has 1 aliphatic rings. The highest BCUT2D eigenvalue weighted by Gasteiger charge is 2.16. The van der Waals surface area contributed by atoms with Gasteiger partial charge in [-0.25, -0.2) is 9.37 Å². The molecule has 2 heterocycles. The maximum Gasteiger partial charge on any atom is 0.151 e. The third-order valence-electron chi connectivity index (χ3n) is 3.86. The maximum absolute atomic E-state index is 13.8. The summed E-state index contributed by atoms with van der Waals surface area (Å²) in [5.41, 5.74) is 2.73. The van der Waals surface area contributed by atoms with Gasteiger partial charge in [-0.2, -0.15) is 0 Å². The van der Waals surface area contributed by atoms with Crippen LogP contribution in [0.1, 0.15) is 24.0 Å². The van der Waals surface area contributed by atoms with Crippen LogP contribution in [-0.4, -0.2) is 18.1 Å². The molecule has 1 aromatic carbocycles. The first-order valence-electron chi connectivity index (χ1n) is 7.43. The number of aryl methyl sites for hydroxylation is 1. The van der Waals surface area contributed by atoms with Gasteiger partial charge in [-0.1, -0.05) is 17.7 Å². The Morgan fingerprint density at radius 3 is 2.86 bits per heavy atom. The van der Waals surface area contributed by atoms with Crippen LogP contribution in [0.2, 0.25) is 0 Å². The van der Waals surface area contributed by atoms with Crippen molar-refractivity contribution in [2.75, 3.05) is 23.3 Å². The summed E-state index contributed by atoms with van der Waals surface area (Å²) in [6.45, 7) is 4.54. The number of halogens is 1. The summed E-state index contributed by atoms with van der Waals surface area (Å²) in [7, 11) is 0. The van der Waals surface area contributed by atoms with Gasteiger partial charge in [-0.05, 0) is 38.0 Å². The number of hydrogen-bond acceptors (Lipinski definition) is 3. The zero-order valence-electron chi connectivity index (χ0n) is 12.3. The van der Waals surface area contributed by atoms with Crippen molar-refractivity contribution in [3.63, 3.8) is 0 Å². The number of pyridine rings is 1. The predicted octanol–water partition coefficient (Wildman–Crippen LogP) is 3.74. The van der Waals surface area contributed by atoms with E-state index < -0.39 is 0 Å². The molecule has 0 saturated carbocycles. The molecule has 0 unspecified atom stereocenters. The topological polar surface area (TPSA) is 28.2 Å². The minimum absolute atomic E-state index is 0.167. The average molecular weight is 285 g/mol. The molecule has 3 nitrogen and oxygen atoms in total. The first-order chi connectivity index (χ1) is 10.2. The molecule has 0 spiro atoms. The molecule has 1 N–H and O–H groups in total. The molecule has 0 bridgehead atoms. The quantitative estimate of drug-likeness (QED) is 0.927. The van der Waals surface area contributed by atoms with E-state index in [2.05, 4.69) is 15.2 Å². The highest BCUT2D eigenvalue weighted by Crippen LogP contribution is 2.26. The standard InChI is InChI=1S/C17H20FN3/c1-13-6-7-15(18)14(11-13)12-20-16-5-4-8-19-17(16)21-9-2-3-10-21/h4-8,11,20H,2-3,9-10,12H2,1H3. The van der Waals surface area contributed by atoms with Crippen molar-refractivity contribution in [2.24, 2.45) is 0 Å². The second kappa shape index (κ2) is 6.12. The van der Waals surface area contributed by atoms with E-state index in [4.69, 9.17) is 0 Å². The van der Waals surface area contributed by atoms with Gasteiger partial charge in [0.05, 0.1) is 5.69 Å². The van der Waals surface area contributed by atoms with Crippen LogP contribution >= 0.6 is 0 Å². The molecule has 1 aliphatic heterocycles. The van der Waals surface area contributed by atoms with E-state index in [1.807, 2.05) is 31.3 Å². The van der Waals surface area contributed by atoms with Crippen LogP contribution < -0.4 is 10.2 Å². The summed E-state index contributed by atoms with van der Waals surface area (Å²) >= 11 is 0. The van der Waals surface area contributed by atoms with Crippen molar-refractivity contribution in [1.29, 1.82) is 0 Å². The Kier molecular flexibility index (Phi) is 4.04. The van der Waals surface area contributed by atoms with Crippen LogP contribution in [0, 0.1) is 12.7 Å². The number of nitrogens with one attached hydrogen (secondary N) is 1. The fourth-order valence-corrected chi connectivity index (χ4v) is 2.75. The van der Waals surface area contributed by atoms with E-state index in [0.29, 0.717) is 12.1 Å². The molecule has 0 aliphatic carbocycles. The summed E-state index contributed by atoms with van der Waals surface area (Å²) < 4.78 is 13.8. The summed E-state index contributed by atoms with van der Waals surface area (Å²) in [4.78, 5) is 6.77. The normalized spacial score (nSPS) is 14.5. The van der Waals surface area contributed by atoms with Crippen LogP contribution in [0.4, 0.5) is 15.9 Å². The zero-order chi connectivity index (χ0) is 14.7. The summed E-state index contributed by atoms with van der Waals surface area (Å²) in [6.07, 6.45) is 4.23. The highest BCUT2D eigenvalue weighted by molar-refractivity contribution is 5.65. The highest BCUT2D eigenvalue weighted by atomic mass is 19.1. The van der Waals surface area contributed by atoms with Gasteiger partial charge in [0.25, 0.3) is 0 Å². The minimum atomic E-state index is -0.167. The smallest absolute Gasteiger partial charge is 0.151 e. The SMILES string of the molecule is Cc1ccc(F)c(CNc2cccnc2N2CCCC2)c1. The first-order valence-corrected chi connectivity index (χ1v) is 7.43. The number of benzene rings is 1. The van der Waals surface area contributed by atoms with Crippen LogP contribution in [-0.2, 0) is 6.54 Å². The number of hydrogen-bond donors (Lipinski definition) is 1. The van der Waals surface area contributed by atoms with E-state index in [1.54, 1.807) is 6.07 Å². The first kappa shape index (κ1) is 13.9. The molecule has 3 rings (SSSR count). The van der Waals surface area contributed by atoms with Gasteiger partial charge in [0.2, 0.25) is 0 Å². The van der Waals surface area contributed by atoms with Crippen molar-refractivity contribution in [2.45, 2.75) is 26.3 Å². The number of aromatic nitrogens is 1. The van der Waals surface area contributed by atoms with Crippen molar-refractivity contribution in [1.82, 2.24) is 4.98 Å². The van der Waals surface area contributed by atoms with Crippen LogP contribution in [0.15, 0.2) is 36.5 Å². The third kappa shape index (κ3) is 3.15. The van der Waals surface area contributed by atoms with E-state index in [-0.39, 0.29) is 5.82 Å². The second-order valence-electron chi connectivity index (χ2n) is 5.52. The lowest BCUT2D eigenvalue weighted by atomic mass is 10.1. The Hall–Kier alpha value is -2.10.